The molecule has 0 radical (unpaired) electrons. The van der Waals surface area contributed by atoms with Crippen LogP contribution < -0.4 is 9.80 Å². The molecule has 5 heteroatoms. The molecular weight excluding hydrogens is 316 g/mol. The molecule has 1 N–H and O–H groups in total. The zero-order chi connectivity index (χ0) is 17.8. The lowest BCUT2D eigenvalue weighted by molar-refractivity contribution is -0.915. The molecule has 1 saturated heterocycles. The van der Waals surface area contributed by atoms with Crippen molar-refractivity contribution in [3.05, 3.63) is 53.0 Å². The zero-order valence-electron chi connectivity index (χ0n) is 15.3. The first-order valence-corrected chi connectivity index (χ1v) is 8.98. The lowest BCUT2D eigenvalue weighted by atomic mass is 10.1. The molecule has 0 unspecified atom stereocenters. The van der Waals surface area contributed by atoms with Gasteiger partial charge in [0.1, 0.15) is 12.1 Å². The van der Waals surface area contributed by atoms with Crippen molar-refractivity contribution < 1.29 is 18.8 Å². The fourth-order valence-corrected chi connectivity index (χ4v) is 3.41. The molecular formula is C20H27N2O3+. The van der Waals surface area contributed by atoms with E-state index in [1.165, 1.54) is 21.7 Å². The van der Waals surface area contributed by atoms with Gasteiger partial charge < -0.3 is 19.0 Å². The van der Waals surface area contributed by atoms with Crippen molar-refractivity contribution in [2.45, 2.75) is 27.3 Å². The fraction of sp³-hybridized carbons (Fsp3) is 0.450. The maximum atomic E-state index is 12.0. The third-order valence-electron chi connectivity index (χ3n) is 5.04. The van der Waals surface area contributed by atoms with Crippen LogP contribution in [0.3, 0.4) is 0 Å². The summed E-state index contributed by atoms with van der Waals surface area (Å²) in [5.74, 6) is 0.438. The van der Waals surface area contributed by atoms with Crippen molar-refractivity contribution in [2.75, 3.05) is 37.7 Å². The van der Waals surface area contributed by atoms with Gasteiger partial charge in [-0.25, -0.2) is 4.79 Å². The molecule has 0 bridgehead atoms. The van der Waals surface area contributed by atoms with E-state index < -0.39 is 0 Å². The summed E-state index contributed by atoms with van der Waals surface area (Å²) in [6, 6.07) is 8.21. The van der Waals surface area contributed by atoms with Gasteiger partial charge in [-0.05, 0) is 44.0 Å². The van der Waals surface area contributed by atoms with Crippen LogP contribution >= 0.6 is 0 Å². The van der Waals surface area contributed by atoms with Crippen LogP contribution in [0, 0.1) is 13.8 Å². The Morgan fingerprint density at radius 1 is 1.24 bits per heavy atom. The number of hydrogen-bond acceptors (Lipinski definition) is 4. The zero-order valence-corrected chi connectivity index (χ0v) is 15.3. The molecule has 1 aliphatic heterocycles. The number of carbonyl (C=O) groups is 1. The normalized spacial score (nSPS) is 15.4. The summed E-state index contributed by atoms with van der Waals surface area (Å²) >= 11 is 0. The predicted octanol–water partition coefficient (Wildman–Crippen LogP) is 1.98. The average molecular weight is 343 g/mol. The van der Waals surface area contributed by atoms with Gasteiger partial charge >= 0.3 is 5.97 Å². The lowest BCUT2D eigenvalue weighted by Crippen LogP contribution is -3.13. The van der Waals surface area contributed by atoms with Gasteiger partial charge in [0.25, 0.3) is 0 Å². The Morgan fingerprint density at radius 3 is 2.72 bits per heavy atom. The fourth-order valence-electron chi connectivity index (χ4n) is 3.41. The van der Waals surface area contributed by atoms with E-state index >= 15 is 0 Å². The van der Waals surface area contributed by atoms with Crippen LogP contribution in [0.5, 0.6) is 0 Å². The second-order valence-corrected chi connectivity index (χ2v) is 6.61. The number of aryl methyl sites for hydroxylation is 1. The van der Waals surface area contributed by atoms with E-state index in [0.29, 0.717) is 12.2 Å². The second kappa shape index (κ2) is 7.74. The minimum atomic E-state index is -0.292. The third kappa shape index (κ3) is 3.87. The van der Waals surface area contributed by atoms with Crippen LogP contribution in [-0.4, -0.2) is 38.8 Å². The van der Waals surface area contributed by atoms with E-state index in [1.807, 2.05) is 6.92 Å². The van der Waals surface area contributed by atoms with Gasteiger partial charge in [-0.1, -0.05) is 12.1 Å². The quantitative estimate of drug-likeness (QED) is 0.844. The maximum absolute atomic E-state index is 12.0. The van der Waals surface area contributed by atoms with E-state index in [2.05, 4.69) is 36.9 Å². The van der Waals surface area contributed by atoms with E-state index in [1.54, 1.807) is 12.3 Å². The molecule has 0 amide bonds. The molecule has 2 aromatic rings. The van der Waals surface area contributed by atoms with Crippen LogP contribution in [0.1, 0.15) is 34.2 Å². The Hall–Kier alpha value is -2.27. The van der Waals surface area contributed by atoms with Gasteiger partial charge in [-0.15, -0.1) is 0 Å². The highest BCUT2D eigenvalue weighted by Gasteiger charge is 2.25. The van der Waals surface area contributed by atoms with Crippen molar-refractivity contribution >= 4 is 11.7 Å². The van der Waals surface area contributed by atoms with Crippen LogP contribution in [0.15, 0.2) is 34.9 Å². The van der Waals surface area contributed by atoms with Gasteiger partial charge in [0.2, 0.25) is 0 Å². The van der Waals surface area contributed by atoms with Crippen molar-refractivity contribution in [1.82, 2.24) is 0 Å². The molecule has 1 fully saturated rings. The molecule has 3 rings (SSSR count). The molecule has 1 aromatic carbocycles. The Bertz CT molecular complexity index is 730. The van der Waals surface area contributed by atoms with E-state index in [4.69, 9.17) is 9.15 Å². The largest absolute Gasteiger partial charge is 0.462 e. The standard InChI is InChI=1S/C20H26N2O3/c1-4-24-20(23)17-8-13-25-19(17)14-21-9-11-22(12-10-21)18-7-5-6-15(2)16(18)3/h5-8,13H,4,9-12,14H2,1-3H3/p+1. The Labute approximate surface area is 149 Å². The number of quaternary nitrogens is 1. The SMILES string of the molecule is CCOC(=O)c1ccoc1C[NH+]1CCN(c2cccc(C)c2C)CC1. The summed E-state index contributed by atoms with van der Waals surface area (Å²) in [4.78, 5) is 15.9. The van der Waals surface area contributed by atoms with Crippen LogP contribution in [0.25, 0.3) is 0 Å². The number of nitrogens with one attached hydrogen (secondary N) is 1. The summed E-state index contributed by atoms with van der Waals surface area (Å²) in [6.45, 7) is 11.3. The van der Waals surface area contributed by atoms with Crippen molar-refractivity contribution in [1.29, 1.82) is 0 Å². The predicted molar refractivity (Wildman–Crippen MR) is 97.2 cm³/mol. The highest BCUT2D eigenvalue weighted by molar-refractivity contribution is 5.90. The number of rotatable bonds is 5. The van der Waals surface area contributed by atoms with Crippen LogP contribution in [-0.2, 0) is 11.3 Å². The lowest BCUT2D eigenvalue weighted by Gasteiger charge is -2.34. The number of nitrogens with zero attached hydrogens (tertiary/aromatic N) is 1. The Morgan fingerprint density at radius 2 is 2.00 bits per heavy atom. The molecule has 0 spiro atoms. The number of piperazine rings is 1. The average Bonchev–Trinajstić information content (AvgIpc) is 3.07. The minimum Gasteiger partial charge on any atom is -0.462 e. The van der Waals surface area contributed by atoms with Crippen molar-refractivity contribution in [3.63, 3.8) is 0 Å². The number of benzene rings is 1. The summed E-state index contributed by atoms with van der Waals surface area (Å²) in [6.07, 6.45) is 1.58. The number of furan rings is 1. The Balaban J connectivity index is 1.61. The second-order valence-electron chi connectivity index (χ2n) is 6.61. The van der Waals surface area contributed by atoms with Gasteiger partial charge in [0, 0.05) is 5.69 Å². The number of anilines is 1. The molecule has 2 heterocycles. The third-order valence-corrected chi connectivity index (χ3v) is 5.04. The molecule has 0 atom stereocenters. The topological polar surface area (TPSA) is 47.1 Å². The first-order chi connectivity index (χ1) is 12.1. The van der Waals surface area contributed by atoms with Crippen molar-refractivity contribution in [3.8, 4) is 0 Å². The highest BCUT2D eigenvalue weighted by Crippen LogP contribution is 2.22. The molecule has 134 valence electrons. The monoisotopic (exact) mass is 343 g/mol. The van der Waals surface area contributed by atoms with E-state index in [9.17, 15) is 4.79 Å². The van der Waals surface area contributed by atoms with E-state index in [0.717, 1.165) is 38.5 Å². The molecule has 1 aliphatic rings. The first kappa shape index (κ1) is 17.5. The number of esters is 1. The van der Waals surface area contributed by atoms with E-state index in [-0.39, 0.29) is 5.97 Å². The van der Waals surface area contributed by atoms with Crippen LogP contribution in [0.2, 0.25) is 0 Å². The van der Waals surface area contributed by atoms with Crippen molar-refractivity contribution in [2.24, 2.45) is 0 Å². The van der Waals surface area contributed by atoms with Crippen LogP contribution in [0.4, 0.5) is 5.69 Å². The smallest absolute Gasteiger partial charge is 0.341 e. The molecule has 0 aliphatic carbocycles. The Kier molecular flexibility index (Phi) is 5.43. The summed E-state index contributed by atoms with van der Waals surface area (Å²) < 4.78 is 10.6. The van der Waals surface area contributed by atoms with Gasteiger partial charge in [-0.2, -0.15) is 0 Å². The number of ether oxygens (including phenoxy) is 1. The first-order valence-electron chi connectivity index (χ1n) is 8.98. The summed E-state index contributed by atoms with van der Waals surface area (Å²) in [5, 5.41) is 0. The van der Waals surface area contributed by atoms with Gasteiger partial charge in [-0.3, -0.25) is 0 Å². The van der Waals surface area contributed by atoms with Gasteiger partial charge in [0.05, 0.1) is 39.0 Å². The maximum Gasteiger partial charge on any atom is 0.341 e. The minimum absolute atomic E-state index is 0.292. The van der Waals surface area contributed by atoms with Gasteiger partial charge in [0.15, 0.2) is 5.76 Å². The highest BCUT2D eigenvalue weighted by atomic mass is 16.5. The number of hydrogen-bond donors (Lipinski definition) is 1. The molecule has 5 nitrogen and oxygen atoms in total. The molecule has 1 aromatic heterocycles. The summed E-state index contributed by atoms with van der Waals surface area (Å²) in [5.41, 5.74) is 4.60. The number of carbonyl (C=O) groups excluding carboxylic acids is 1. The summed E-state index contributed by atoms with van der Waals surface area (Å²) in [7, 11) is 0. The molecule has 25 heavy (non-hydrogen) atoms. The molecule has 0 saturated carbocycles.